The highest BCUT2D eigenvalue weighted by Crippen LogP contribution is 2.40. The molecule has 6 N–H and O–H groups in total. The largest absolute Gasteiger partial charge is 0.543 e. The Morgan fingerprint density at radius 1 is 1.33 bits per heavy atom. The molecule has 2 aliphatic rings. The highest BCUT2D eigenvalue weighted by Gasteiger charge is 2.53. The average molecular weight is 664 g/mol. The summed E-state index contributed by atoms with van der Waals surface area (Å²) in [7, 11) is 1.26. The number of nitrogens with zero attached hydrogens (tertiary/aromatic N) is 5. The van der Waals surface area contributed by atoms with Crippen molar-refractivity contribution in [3.63, 3.8) is 0 Å². The van der Waals surface area contributed by atoms with E-state index in [4.69, 9.17) is 21.7 Å². The molecule has 1 fully saturated rings. The van der Waals surface area contributed by atoms with Crippen molar-refractivity contribution in [2.75, 3.05) is 18.6 Å². The standard InChI is InChI=1S/C29H26FN9O5S2/c1-44-36-21(19-13-46-29(33)34-19)25(40)35-22-26(41)39-23(28(42)43)17(12-45-27(22)39)9-37-6-4-14-5-7-38(20(14)11-37)10-16-3-2-15(24(31)32)8-18(16)30/h2-8,11,13,22,27H,9-10,12H2,1H3,(H6-,31,32,33,34,35,40,42,43)/t22-,27-/m1/s1. The normalized spacial score (nSPS) is 17.9. The van der Waals surface area contributed by atoms with Crippen molar-refractivity contribution in [3.8, 4) is 0 Å². The van der Waals surface area contributed by atoms with Crippen LogP contribution < -0.4 is 26.5 Å². The number of carbonyl (C=O) groups excluding carboxylic acids is 3. The molecule has 17 heteroatoms. The molecule has 6 rings (SSSR count). The number of thioether (sulfide) groups is 1. The molecule has 236 valence electrons. The van der Waals surface area contributed by atoms with E-state index in [-0.39, 0.29) is 46.9 Å². The number of carboxylic acid groups (broad SMARTS) is 1. The highest BCUT2D eigenvalue weighted by molar-refractivity contribution is 8.00. The first kappa shape index (κ1) is 30.7. The van der Waals surface area contributed by atoms with E-state index in [9.17, 15) is 23.9 Å². The Bertz CT molecular complexity index is 1990. The van der Waals surface area contributed by atoms with Crippen molar-refractivity contribution >= 4 is 68.5 Å². The molecular weight excluding hydrogens is 638 g/mol. The lowest BCUT2D eigenvalue weighted by Gasteiger charge is -2.50. The molecule has 0 aliphatic carbocycles. The maximum Gasteiger partial charge on any atom is 0.276 e. The number of carboxylic acids is 1. The van der Waals surface area contributed by atoms with Crippen LogP contribution in [0.2, 0.25) is 0 Å². The van der Waals surface area contributed by atoms with Crippen molar-refractivity contribution in [2.45, 2.75) is 24.5 Å². The lowest BCUT2D eigenvalue weighted by atomic mass is 10.0. The molecule has 2 aliphatic heterocycles. The molecule has 0 saturated carbocycles. The first-order chi connectivity index (χ1) is 22.0. The molecule has 3 aromatic heterocycles. The van der Waals surface area contributed by atoms with Crippen LogP contribution in [-0.4, -0.2) is 68.1 Å². The summed E-state index contributed by atoms with van der Waals surface area (Å²) in [5, 5.41) is 28.2. The fourth-order valence-corrected chi connectivity index (χ4v) is 7.23. The number of nitrogens with one attached hydrogen (secondary N) is 2. The number of pyridine rings is 1. The smallest absolute Gasteiger partial charge is 0.276 e. The zero-order valence-corrected chi connectivity index (χ0v) is 25.7. The van der Waals surface area contributed by atoms with Gasteiger partial charge in [0.1, 0.15) is 41.4 Å². The van der Waals surface area contributed by atoms with Crippen LogP contribution in [0, 0.1) is 11.2 Å². The van der Waals surface area contributed by atoms with Crippen molar-refractivity contribution in [1.82, 2.24) is 19.8 Å². The maximum absolute atomic E-state index is 14.8. The number of carbonyl (C=O) groups is 3. The van der Waals surface area contributed by atoms with E-state index in [1.807, 2.05) is 29.1 Å². The lowest BCUT2D eigenvalue weighted by Crippen LogP contribution is -2.71. The number of rotatable bonds is 10. The number of hydrogen-bond donors (Lipinski definition) is 4. The number of thiazole rings is 1. The fourth-order valence-electron chi connectivity index (χ4n) is 5.35. The molecule has 2 atom stereocenters. The molecule has 14 nitrogen and oxygen atoms in total. The molecule has 1 saturated heterocycles. The van der Waals surface area contributed by atoms with Gasteiger partial charge in [0.2, 0.25) is 0 Å². The van der Waals surface area contributed by atoms with E-state index in [0.717, 1.165) is 27.1 Å². The molecule has 0 bridgehead atoms. The maximum atomic E-state index is 14.8. The van der Waals surface area contributed by atoms with Gasteiger partial charge in [-0.3, -0.25) is 19.9 Å². The number of nitrogens with two attached hydrogens (primary N) is 2. The summed E-state index contributed by atoms with van der Waals surface area (Å²) >= 11 is 2.41. The summed E-state index contributed by atoms with van der Waals surface area (Å²) < 4.78 is 18.4. The van der Waals surface area contributed by atoms with Gasteiger partial charge in [-0.05, 0) is 12.1 Å². The second kappa shape index (κ2) is 12.2. The van der Waals surface area contributed by atoms with Gasteiger partial charge >= 0.3 is 0 Å². The van der Waals surface area contributed by atoms with Crippen molar-refractivity contribution in [2.24, 2.45) is 10.9 Å². The quantitative estimate of drug-likeness (QED) is 0.0586. The molecule has 1 aromatic carbocycles. The zero-order chi connectivity index (χ0) is 32.7. The summed E-state index contributed by atoms with van der Waals surface area (Å²) in [5.74, 6) is -3.29. The summed E-state index contributed by atoms with van der Waals surface area (Å²) in [6, 6.07) is 7.12. The number of amidine groups is 1. The predicted octanol–water partition coefficient (Wildman–Crippen LogP) is -0.106. The number of benzene rings is 1. The molecule has 4 aromatic rings. The molecule has 0 spiro atoms. The van der Waals surface area contributed by atoms with Gasteiger partial charge in [0.15, 0.2) is 29.8 Å². The summed E-state index contributed by atoms with van der Waals surface area (Å²) in [6.07, 6.45) is 5.42. The van der Waals surface area contributed by atoms with Crippen LogP contribution in [0.15, 0.2) is 70.7 Å². The number of oxime groups is 1. The Hall–Kier alpha value is -5.29. The number of nitrogen functional groups attached to an aromatic ring is 2. The SMILES string of the molecule is CON=C(C(=O)N[C@@H]1C(=O)N2C(C(=O)[O-])=C(C[n+]3ccc4ccn(Cc5ccc(C(=N)N)cc5F)c4c3)CS[C@H]12)c1csc(N)n1. The Morgan fingerprint density at radius 2 is 2.13 bits per heavy atom. The number of hydrogen-bond acceptors (Lipinski definition) is 11. The monoisotopic (exact) mass is 663 g/mol. The molecular formula is C29H26FN9O5S2. The van der Waals surface area contributed by atoms with Gasteiger partial charge in [-0.25, -0.2) is 9.37 Å². The molecule has 5 heterocycles. The second-order valence-electron chi connectivity index (χ2n) is 10.4. The molecule has 0 radical (unpaired) electrons. The first-order valence-electron chi connectivity index (χ1n) is 13.7. The number of fused-ring (bicyclic) bond motifs is 2. The van der Waals surface area contributed by atoms with E-state index in [1.165, 1.54) is 30.3 Å². The van der Waals surface area contributed by atoms with Crippen LogP contribution in [0.25, 0.3) is 10.9 Å². The van der Waals surface area contributed by atoms with Crippen LogP contribution in [-0.2, 0) is 32.3 Å². The molecule has 46 heavy (non-hydrogen) atoms. The average Bonchev–Trinajstić information content (AvgIpc) is 3.64. The third-order valence-corrected chi connectivity index (χ3v) is 9.55. The summed E-state index contributed by atoms with van der Waals surface area (Å²) in [5.41, 5.74) is 12.8. The van der Waals surface area contributed by atoms with E-state index in [0.29, 0.717) is 16.7 Å². The minimum absolute atomic E-state index is 0.141. The Balaban J connectivity index is 1.21. The van der Waals surface area contributed by atoms with Crippen LogP contribution in [0.4, 0.5) is 9.52 Å². The van der Waals surface area contributed by atoms with Crippen LogP contribution in [0.3, 0.4) is 0 Å². The number of halogens is 1. The van der Waals surface area contributed by atoms with Crippen molar-refractivity contribution in [1.29, 1.82) is 5.41 Å². The van der Waals surface area contributed by atoms with Gasteiger partial charge < -0.3 is 36.1 Å². The Labute approximate surface area is 268 Å². The van der Waals surface area contributed by atoms with E-state index in [2.05, 4.69) is 15.5 Å². The fraction of sp³-hybridized carbons (Fsp3) is 0.207. The Morgan fingerprint density at radius 3 is 2.80 bits per heavy atom. The zero-order valence-electron chi connectivity index (χ0n) is 24.1. The number of β-lactam (4-membered cyclic amide) rings is 1. The Kier molecular flexibility index (Phi) is 8.18. The summed E-state index contributed by atoms with van der Waals surface area (Å²) in [4.78, 5) is 48.5. The molecule has 0 unspecified atom stereocenters. The van der Waals surface area contributed by atoms with Crippen LogP contribution in [0.5, 0.6) is 0 Å². The summed E-state index contributed by atoms with van der Waals surface area (Å²) in [6.45, 7) is 0.354. The van der Waals surface area contributed by atoms with Gasteiger partial charge in [-0.2, -0.15) is 4.57 Å². The number of aliphatic carboxylic acids is 1. The van der Waals surface area contributed by atoms with E-state index < -0.39 is 35.0 Å². The minimum Gasteiger partial charge on any atom is -0.543 e. The van der Waals surface area contributed by atoms with Crippen molar-refractivity contribution in [3.05, 3.63) is 88.2 Å². The van der Waals surface area contributed by atoms with Crippen LogP contribution in [0.1, 0.15) is 16.8 Å². The number of aromatic nitrogens is 3. The molecule has 2 amide bonds. The van der Waals surface area contributed by atoms with Gasteiger partial charge in [0, 0.05) is 45.5 Å². The topological polar surface area (TPSA) is 209 Å². The van der Waals surface area contributed by atoms with Gasteiger partial charge in [-0.1, -0.05) is 17.3 Å². The number of amides is 2. The predicted molar refractivity (Wildman–Crippen MR) is 166 cm³/mol. The lowest BCUT2D eigenvalue weighted by molar-refractivity contribution is -0.687. The van der Waals surface area contributed by atoms with Crippen molar-refractivity contribution < 1.29 is 33.3 Å². The first-order valence-corrected chi connectivity index (χ1v) is 15.6. The van der Waals surface area contributed by atoms with E-state index in [1.54, 1.807) is 22.9 Å². The third kappa shape index (κ3) is 5.65. The second-order valence-corrected chi connectivity index (χ2v) is 12.4. The van der Waals surface area contributed by atoms with Gasteiger partial charge in [0.05, 0.1) is 18.2 Å². The number of anilines is 1. The van der Waals surface area contributed by atoms with Gasteiger partial charge in [-0.15, -0.1) is 23.1 Å². The highest BCUT2D eigenvalue weighted by atomic mass is 32.2. The van der Waals surface area contributed by atoms with Crippen LogP contribution >= 0.6 is 23.1 Å². The van der Waals surface area contributed by atoms with Gasteiger partial charge in [0.25, 0.3) is 11.8 Å². The third-order valence-electron chi connectivity index (χ3n) is 7.54. The van der Waals surface area contributed by atoms with E-state index >= 15 is 0 Å². The minimum atomic E-state index is -1.51.